The number of phenolic OH excluding ortho intramolecular Hbond substituents is 1. The van der Waals surface area contributed by atoms with Gasteiger partial charge in [0.15, 0.2) is 0 Å². The van der Waals surface area contributed by atoms with Crippen LogP contribution in [-0.2, 0) is 0 Å². The van der Waals surface area contributed by atoms with Crippen molar-refractivity contribution in [1.29, 1.82) is 0 Å². The number of aryl methyl sites for hydroxylation is 1. The standard InChI is InChI=1S/C17H20FNO2/c1-4-21-14-6-7-16(11(2)9-14)19-12(3)15-10-13(18)5-8-17(15)20/h5-10,12,19-20H,4H2,1-3H3. The highest BCUT2D eigenvalue weighted by Crippen LogP contribution is 2.30. The fourth-order valence-electron chi connectivity index (χ4n) is 2.24. The van der Waals surface area contributed by atoms with E-state index in [1.807, 2.05) is 39.0 Å². The van der Waals surface area contributed by atoms with Crippen molar-refractivity contribution in [2.75, 3.05) is 11.9 Å². The van der Waals surface area contributed by atoms with Crippen LogP contribution in [0.2, 0.25) is 0 Å². The quantitative estimate of drug-likeness (QED) is 0.856. The molecule has 3 nitrogen and oxygen atoms in total. The van der Waals surface area contributed by atoms with E-state index >= 15 is 0 Å². The highest BCUT2D eigenvalue weighted by molar-refractivity contribution is 5.55. The van der Waals surface area contributed by atoms with Crippen molar-refractivity contribution in [3.05, 3.63) is 53.3 Å². The molecule has 4 heteroatoms. The van der Waals surface area contributed by atoms with Crippen molar-refractivity contribution >= 4 is 5.69 Å². The summed E-state index contributed by atoms with van der Waals surface area (Å²) in [4.78, 5) is 0. The summed E-state index contributed by atoms with van der Waals surface area (Å²) in [7, 11) is 0. The second-order valence-corrected chi connectivity index (χ2v) is 4.98. The maximum atomic E-state index is 13.3. The predicted molar refractivity (Wildman–Crippen MR) is 82.5 cm³/mol. The van der Waals surface area contributed by atoms with Crippen LogP contribution < -0.4 is 10.1 Å². The third kappa shape index (κ3) is 3.66. The number of rotatable bonds is 5. The lowest BCUT2D eigenvalue weighted by Gasteiger charge is -2.19. The van der Waals surface area contributed by atoms with Crippen LogP contribution in [0.3, 0.4) is 0 Å². The molecule has 0 radical (unpaired) electrons. The third-order valence-corrected chi connectivity index (χ3v) is 3.34. The minimum atomic E-state index is -0.361. The molecule has 21 heavy (non-hydrogen) atoms. The Hall–Kier alpha value is -2.23. The highest BCUT2D eigenvalue weighted by Gasteiger charge is 2.12. The second-order valence-electron chi connectivity index (χ2n) is 4.98. The molecule has 0 fully saturated rings. The lowest BCUT2D eigenvalue weighted by atomic mass is 10.1. The first-order chi connectivity index (χ1) is 10.0. The highest BCUT2D eigenvalue weighted by atomic mass is 19.1. The van der Waals surface area contributed by atoms with Crippen LogP contribution in [0.1, 0.15) is 31.0 Å². The molecule has 112 valence electrons. The van der Waals surface area contributed by atoms with E-state index in [9.17, 15) is 9.50 Å². The van der Waals surface area contributed by atoms with E-state index in [0.29, 0.717) is 12.2 Å². The molecule has 0 aliphatic carbocycles. The smallest absolute Gasteiger partial charge is 0.123 e. The number of phenols is 1. The van der Waals surface area contributed by atoms with Gasteiger partial charge in [0.2, 0.25) is 0 Å². The summed E-state index contributed by atoms with van der Waals surface area (Å²) in [5, 5.41) is 13.1. The molecule has 0 bridgehead atoms. The minimum Gasteiger partial charge on any atom is -0.508 e. The molecule has 0 aromatic heterocycles. The summed E-state index contributed by atoms with van der Waals surface area (Å²) in [6.45, 7) is 6.42. The van der Waals surface area contributed by atoms with Crippen molar-refractivity contribution < 1.29 is 14.2 Å². The van der Waals surface area contributed by atoms with E-state index in [2.05, 4.69) is 5.32 Å². The summed E-state index contributed by atoms with van der Waals surface area (Å²) in [5.74, 6) is 0.543. The molecule has 2 N–H and O–H groups in total. The first kappa shape index (κ1) is 15.2. The van der Waals surface area contributed by atoms with Crippen molar-refractivity contribution in [3.8, 4) is 11.5 Å². The van der Waals surface area contributed by atoms with Crippen LogP contribution in [0.25, 0.3) is 0 Å². The molecule has 1 unspecified atom stereocenters. The van der Waals surface area contributed by atoms with Gasteiger partial charge in [-0.15, -0.1) is 0 Å². The molecule has 0 saturated heterocycles. The van der Waals surface area contributed by atoms with Gasteiger partial charge in [-0.05, 0) is 62.7 Å². The largest absolute Gasteiger partial charge is 0.508 e. The molecule has 0 saturated carbocycles. The van der Waals surface area contributed by atoms with Gasteiger partial charge in [-0.2, -0.15) is 0 Å². The van der Waals surface area contributed by atoms with E-state index in [-0.39, 0.29) is 17.6 Å². The number of nitrogens with one attached hydrogen (secondary N) is 1. The number of ether oxygens (including phenoxy) is 1. The van der Waals surface area contributed by atoms with Crippen LogP contribution >= 0.6 is 0 Å². The Kier molecular flexibility index (Phi) is 4.68. The minimum absolute atomic E-state index is 0.0833. The molecule has 1 atom stereocenters. The molecule has 0 amide bonds. The monoisotopic (exact) mass is 289 g/mol. The fourth-order valence-corrected chi connectivity index (χ4v) is 2.24. The summed E-state index contributed by atoms with van der Waals surface area (Å²) < 4.78 is 18.8. The van der Waals surface area contributed by atoms with Gasteiger partial charge in [-0.3, -0.25) is 0 Å². The summed E-state index contributed by atoms with van der Waals surface area (Å²) in [6, 6.07) is 9.50. The topological polar surface area (TPSA) is 41.5 Å². The zero-order valence-electron chi connectivity index (χ0n) is 12.5. The van der Waals surface area contributed by atoms with Gasteiger partial charge < -0.3 is 15.2 Å². The van der Waals surface area contributed by atoms with Gasteiger partial charge in [0, 0.05) is 11.3 Å². The van der Waals surface area contributed by atoms with Gasteiger partial charge >= 0.3 is 0 Å². The third-order valence-electron chi connectivity index (χ3n) is 3.34. The molecular weight excluding hydrogens is 269 g/mol. The lowest BCUT2D eigenvalue weighted by Crippen LogP contribution is -2.08. The van der Waals surface area contributed by atoms with E-state index < -0.39 is 0 Å². The number of aromatic hydroxyl groups is 1. The van der Waals surface area contributed by atoms with E-state index in [1.165, 1.54) is 18.2 Å². The first-order valence-corrected chi connectivity index (χ1v) is 6.99. The lowest BCUT2D eigenvalue weighted by molar-refractivity contribution is 0.340. The van der Waals surface area contributed by atoms with Crippen LogP contribution in [0.4, 0.5) is 10.1 Å². The SMILES string of the molecule is CCOc1ccc(NC(C)c2cc(F)ccc2O)c(C)c1. The van der Waals surface area contributed by atoms with Crippen LogP contribution in [-0.4, -0.2) is 11.7 Å². The van der Waals surface area contributed by atoms with Crippen molar-refractivity contribution in [1.82, 2.24) is 0 Å². The summed E-state index contributed by atoms with van der Waals surface area (Å²) in [6.07, 6.45) is 0. The molecule has 0 heterocycles. The first-order valence-electron chi connectivity index (χ1n) is 6.99. The van der Waals surface area contributed by atoms with Gasteiger partial charge in [0.1, 0.15) is 17.3 Å². The Morgan fingerprint density at radius 1 is 1.24 bits per heavy atom. The molecule has 2 aromatic carbocycles. The Bertz CT molecular complexity index is 628. The van der Waals surface area contributed by atoms with Crippen LogP contribution in [0.5, 0.6) is 11.5 Å². The zero-order valence-corrected chi connectivity index (χ0v) is 12.5. The number of hydrogen-bond acceptors (Lipinski definition) is 3. The molecular formula is C17H20FNO2. The van der Waals surface area contributed by atoms with Crippen LogP contribution in [0, 0.1) is 12.7 Å². The molecule has 0 aliphatic heterocycles. The molecule has 0 spiro atoms. The fraction of sp³-hybridized carbons (Fsp3) is 0.294. The van der Waals surface area contributed by atoms with Crippen LogP contribution in [0.15, 0.2) is 36.4 Å². The van der Waals surface area contributed by atoms with E-state index in [4.69, 9.17) is 4.74 Å². The number of hydrogen-bond donors (Lipinski definition) is 2. The number of halogens is 1. The van der Waals surface area contributed by atoms with Gasteiger partial charge in [0.05, 0.1) is 12.6 Å². The maximum absolute atomic E-state index is 13.3. The Morgan fingerprint density at radius 2 is 2.00 bits per heavy atom. The van der Waals surface area contributed by atoms with E-state index in [0.717, 1.165) is 17.0 Å². The van der Waals surface area contributed by atoms with Gasteiger partial charge in [-0.1, -0.05) is 0 Å². The Morgan fingerprint density at radius 3 is 2.67 bits per heavy atom. The maximum Gasteiger partial charge on any atom is 0.123 e. The number of benzene rings is 2. The van der Waals surface area contributed by atoms with Crippen molar-refractivity contribution in [2.45, 2.75) is 26.8 Å². The second kappa shape index (κ2) is 6.48. The molecule has 2 aromatic rings. The summed E-state index contributed by atoms with van der Waals surface area (Å²) in [5.41, 5.74) is 2.49. The van der Waals surface area contributed by atoms with E-state index in [1.54, 1.807) is 0 Å². The van der Waals surface area contributed by atoms with Crippen molar-refractivity contribution in [2.24, 2.45) is 0 Å². The summed E-state index contributed by atoms with van der Waals surface area (Å²) >= 11 is 0. The van der Waals surface area contributed by atoms with Gasteiger partial charge in [-0.25, -0.2) is 4.39 Å². The average Bonchev–Trinajstić information content (AvgIpc) is 2.44. The average molecular weight is 289 g/mol. The Balaban J connectivity index is 2.19. The molecule has 2 rings (SSSR count). The normalized spacial score (nSPS) is 12.0. The number of anilines is 1. The van der Waals surface area contributed by atoms with Crippen molar-refractivity contribution in [3.63, 3.8) is 0 Å². The zero-order chi connectivity index (χ0) is 15.4. The van der Waals surface area contributed by atoms with Gasteiger partial charge in [0.25, 0.3) is 0 Å². The predicted octanol–water partition coefficient (Wildman–Crippen LogP) is 4.41. The Labute approximate surface area is 124 Å². The molecule has 0 aliphatic rings.